The van der Waals surface area contributed by atoms with Crippen LogP contribution in [0.4, 0.5) is 31.1 Å². The monoisotopic (exact) mass is 645 g/mol. The lowest BCUT2D eigenvalue weighted by molar-refractivity contribution is -0.143. The van der Waals surface area contributed by atoms with Crippen LogP contribution in [0.3, 0.4) is 0 Å². The number of amides is 1. The van der Waals surface area contributed by atoms with Crippen LogP contribution in [0.1, 0.15) is 76.2 Å². The zero-order valence-electron chi connectivity index (χ0n) is 24.8. The molecule has 3 heterocycles. The van der Waals surface area contributed by atoms with Gasteiger partial charge in [-0.05, 0) is 91.1 Å². The second kappa shape index (κ2) is 11.7. The predicted octanol–water partition coefficient (Wildman–Crippen LogP) is 8.26. The quantitative estimate of drug-likeness (QED) is 0.213. The first kappa shape index (κ1) is 31.4. The Morgan fingerprint density at radius 1 is 0.870 bits per heavy atom. The largest absolute Gasteiger partial charge is 0.439 e. The molecule has 0 spiro atoms. The molecule has 0 bridgehead atoms. The number of rotatable bonds is 6. The average molecular weight is 646 g/mol. The van der Waals surface area contributed by atoms with E-state index >= 15 is 0 Å². The first-order chi connectivity index (χ1) is 21.7. The molecule has 4 aromatic rings. The molecule has 2 fully saturated rings. The van der Waals surface area contributed by atoms with E-state index in [1.165, 1.54) is 4.90 Å². The van der Waals surface area contributed by atoms with Crippen molar-refractivity contribution >= 4 is 6.09 Å². The van der Waals surface area contributed by atoms with Gasteiger partial charge in [0.1, 0.15) is 6.10 Å². The molecule has 3 aromatic carbocycles. The molecule has 1 N–H and O–H groups in total. The number of carbonyl (C=O) groups is 1. The Balaban J connectivity index is 1.36. The molecule has 3 atom stereocenters. The Hall–Kier alpha value is -4.55. The van der Waals surface area contributed by atoms with Crippen molar-refractivity contribution < 1.29 is 40.3 Å². The zero-order valence-corrected chi connectivity index (χ0v) is 24.8. The normalized spacial score (nSPS) is 20.1. The summed E-state index contributed by atoms with van der Waals surface area (Å²) in [6.07, 6.45) is -9.77. The lowest BCUT2D eigenvalue weighted by atomic mass is 9.83. The van der Waals surface area contributed by atoms with E-state index in [4.69, 9.17) is 9.15 Å². The SMILES string of the molecule is Cc1ccc(-c2cc(CCc3n[nH]c(=O)o3)ccc2C)c([C@@H]2CCC[C@H]3[C@@H](c4cc(C(F)(F)F)cc(C(F)(F)F)c4)OC(=O)N23)c1. The van der Waals surface area contributed by atoms with Gasteiger partial charge in [0.15, 0.2) is 0 Å². The van der Waals surface area contributed by atoms with Crippen molar-refractivity contribution in [1.29, 1.82) is 0 Å². The van der Waals surface area contributed by atoms with E-state index in [-0.39, 0.29) is 17.5 Å². The van der Waals surface area contributed by atoms with Crippen LogP contribution < -0.4 is 5.76 Å². The number of hydrogen-bond acceptors (Lipinski definition) is 5. The van der Waals surface area contributed by atoms with Gasteiger partial charge in [0, 0.05) is 6.42 Å². The van der Waals surface area contributed by atoms with Gasteiger partial charge in [-0.1, -0.05) is 42.0 Å². The number of alkyl halides is 6. The minimum Gasteiger partial charge on any atom is -0.439 e. The first-order valence-electron chi connectivity index (χ1n) is 14.7. The van der Waals surface area contributed by atoms with E-state index in [9.17, 15) is 35.9 Å². The second-order valence-electron chi connectivity index (χ2n) is 11.8. The Labute approximate surface area is 259 Å². The summed E-state index contributed by atoms with van der Waals surface area (Å²) in [5, 5.41) is 6.09. The molecule has 7 nitrogen and oxygen atoms in total. The molecule has 0 unspecified atom stereocenters. The van der Waals surface area contributed by atoms with Crippen LogP contribution in [0.5, 0.6) is 0 Å². The van der Waals surface area contributed by atoms with Gasteiger partial charge in [-0.25, -0.2) is 14.7 Å². The molecule has 1 amide bonds. The molecule has 1 aromatic heterocycles. The third-order valence-electron chi connectivity index (χ3n) is 8.67. The highest BCUT2D eigenvalue weighted by atomic mass is 19.4. The van der Waals surface area contributed by atoms with E-state index < -0.39 is 53.5 Å². The fourth-order valence-electron chi connectivity index (χ4n) is 6.51. The summed E-state index contributed by atoms with van der Waals surface area (Å²) in [5.41, 5.74) is 2.12. The maximum Gasteiger partial charge on any atom is 0.434 e. The fraction of sp³-hybridized carbons (Fsp3) is 0.364. The minimum atomic E-state index is -5.03. The summed E-state index contributed by atoms with van der Waals surface area (Å²) < 4.78 is 92.5. The Kier molecular flexibility index (Phi) is 7.97. The molecular formula is C33H29F6N3O4. The zero-order chi connectivity index (χ0) is 33.0. The van der Waals surface area contributed by atoms with E-state index in [0.717, 1.165) is 33.4 Å². The van der Waals surface area contributed by atoms with Crippen molar-refractivity contribution in [2.45, 2.75) is 76.5 Å². The van der Waals surface area contributed by atoms with Gasteiger partial charge in [-0.3, -0.25) is 4.90 Å². The van der Waals surface area contributed by atoms with Crippen LogP contribution in [0.15, 0.2) is 63.8 Å². The van der Waals surface area contributed by atoms with Crippen LogP contribution in [-0.4, -0.2) is 27.2 Å². The van der Waals surface area contributed by atoms with Gasteiger partial charge in [0.25, 0.3) is 0 Å². The van der Waals surface area contributed by atoms with Gasteiger partial charge in [0.2, 0.25) is 5.89 Å². The van der Waals surface area contributed by atoms with Crippen LogP contribution in [0.25, 0.3) is 11.1 Å². The van der Waals surface area contributed by atoms with E-state index in [1.807, 2.05) is 50.2 Å². The van der Waals surface area contributed by atoms with Crippen LogP contribution >= 0.6 is 0 Å². The van der Waals surface area contributed by atoms with Gasteiger partial charge in [-0.15, -0.1) is 5.10 Å². The van der Waals surface area contributed by atoms with E-state index in [0.29, 0.717) is 44.2 Å². The van der Waals surface area contributed by atoms with Crippen LogP contribution in [-0.2, 0) is 29.9 Å². The number of cyclic esters (lactones) is 1. The fourth-order valence-corrected chi connectivity index (χ4v) is 6.51. The molecule has 2 aliphatic rings. The van der Waals surface area contributed by atoms with Gasteiger partial charge in [-0.2, -0.15) is 26.3 Å². The highest BCUT2D eigenvalue weighted by molar-refractivity contribution is 5.76. The smallest absolute Gasteiger partial charge is 0.434 e. The van der Waals surface area contributed by atoms with Crippen molar-refractivity contribution in [1.82, 2.24) is 15.1 Å². The number of nitrogens with zero attached hydrogens (tertiary/aromatic N) is 2. The molecule has 46 heavy (non-hydrogen) atoms. The molecule has 2 aliphatic heterocycles. The summed E-state index contributed by atoms with van der Waals surface area (Å²) in [5.74, 6) is -0.354. The maximum absolute atomic E-state index is 13.6. The Bertz CT molecular complexity index is 1810. The third-order valence-corrected chi connectivity index (χ3v) is 8.67. The highest BCUT2D eigenvalue weighted by Crippen LogP contribution is 2.49. The number of aromatic nitrogens is 2. The van der Waals surface area contributed by atoms with Crippen molar-refractivity contribution in [3.63, 3.8) is 0 Å². The molecule has 0 radical (unpaired) electrons. The number of aromatic amines is 1. The van der Waals surface area contributed by atoms with Crippen molar-refractivity contribution in [2.24, 2.45) is 0 Å². The number of nitrogens with one attached hydrogen (secondary N) is 1. The molecule has 0 aliphatic carbocycles. The number of aryl methyl sites for hydroxylation is 4. The topological polar surface area (TPSA) is 88.4 Å². The molecular weight excluding hydrogens is 616 g/mol. The lowest BCUT2D eigenvalue weighted by Gasteiger charge is -2.38. The van der Waals surface area contributed by atoms with Crippen molar-refractivity contribution in [3.05, 3.63) is 110 Å². The number of hydrogen-bond donors (Lipinski definition) is 1. The standard InChI is InChI=1S/C33H29F6N3O4/c1-17-6-10-23(24-13-19(8-7-18(24)2)9-11-28-40-41-30(43)45-28)25(12-17)26-4-3-5-27-29(46-31(44)42(26)27)20-14-21(32(34,35)36)16-22(15-20)33(37,38)39/h6-8,10,12-16,26-27,29H,3-5,9,11H2,1-2H3,(H,41,43)/t26-,27-,29+/m0/s1. The molecule has 6 rings (SSSR count). The number of H-pyrrole nitrogens is 1. The second-order valence-corrected chi connectivity index (χ2v) is 11.8. The number of benzene rings is 3. The highest BCUT2D eigenvalue weighted by Gasteiger charge is 2.49. The Morgan fingerprint density at radius 2 is 1.59 bits per heavy atom. The molecule has 242 valence electrons. The summed E-state index contributed by atoms with van der Waals surface area (Å²) in [4.78, 5) is 26.2. The summed E-state index contributed by atoms with van der Waals surface area (Å²) in [7, 11) is 0. The third kappa shape index (κ3) is 6.14. The number of piperidine rings is 1. The van der Waals surface area contributed by atoms with Crippen LogP contribution in [0, 0.1) is 13.8 Å². The van der Waals surface area contributed by atoms with E-state index in [2.05, 4.69) is 10.2 Å². The minimum absolute atomic E-state index is 0.0713. The lowest BCUT2D eigenvalue weighted by Crippen LogP contribution is -2.41. The van der Waals surface area contributed by atoms with E-state index in [1.54, 1.807) is 0 Å². The summed E-state index contributed by atoms with van der Waals surface area (Å²) >= 11 is 0. The number of halogens is 6. The first-order valence-corrected chi connectivity index (χ1v) is 14.7. The predicted molar refractivity (Wildman–Crippen MR) is 154 cm³/mol. The molecule has 13 heteroatoms. The molecule has 2 saturated heterocycles. The number of ether oxygens (including phenoxy) is 1. The molecule has 0 saturated carbocycles. The average Bonchev–Trinajstić information content (AvgIpc) is 3.58. The number of fused-ring (bicyclic) bond motifs is 1. The number of carbonyl (C=O) groups excluding carboxylic acids is 1. The summed E-state index contributed by atoms with van der Waals surface area (Å²) in [6, 6.07) is 11.8. The van der Waals surface area contributed by atoms with Gasteiger partial charge >= 0.3 is 24.2 Å². The Morgan fingerprint density at radius 3 is 2.24 bits per heavy atom. The maximum atomic E-state index is 13.6. The van der Waals surface area contributed by atoms with Gasteiger partial charge < -0.3 is 9.15 Å². The van der Waals surface area contributed by atoms with Gasteiger partial charge in [0.05, 0.1) is 23.2 Å². The van der Waals surface area contributed by atoms with Crippen molar-refractivity contribution in [2.75, 3.05) is 0 Å². The van der Waals surface area contributed by atoms with Crippen molar-refractivity contribution in [3.8, 4) is 11.1 Å². The van der Waals surface area contributed by atoms with Crippen LogP contribution in [0.2, 0.25) is 0 Å². The summed E-state index contributed by atoms with van der Waals surface area (Å²) in [6.45, 7) is 3.85.